The molecule has 0 fully saturated rings. The van der Waals surface area contributed by atoms with Gasteiger partial charge in [0.25, 0.3) is 0 Å². The maximum absolute atomic E-state index is 10.6. The lowest BCUT2D eigenvalue weighted by Crippen LogP contribution is -1.99. The maximum Gasteiger partial charge on any atom is 0.193 e. The molecule has 50 valence electrons. The molecule has 0 saturated heterocycles. The molecule has 1 aliphatic heterocycles. The molecule has 9 heavy (non-hydrogen) atoms. The molecule has 0 unspecified atom stereocenters. The van der Waals surface area contributed by atoms with E-state index in [1.54, 1.807) is 0 Å². The van der Waals surface area contributed by atoms with Crippen molar-refractivity contribution in [2.75, 3.05) is 6.54 Å². The van der Waals surface area contributed by atoms with Gasteiger partial charge in [0.15, 0.2) is 9.84 Å². The monoisotopic (exact) mass is 145 g/mol. The zero-order valence-corrected chi connectivity index (χ0v) is 5.56. The molecule has 0 aromatic rings. The van der Waals surface area contributed by atoms with Gasteiger partial charge in [-0.1, -0.05) is 0 Å². The van der Waals surface area contributed by atoms with Crippen LogP contribution in [0.25, 0.3) is 0 Å². The third-order valence-corrected chi connectivity index (χ3v) is 2.17. The summed E-state index contributed by atoms with van der Waals surface area (Å²) in [6.45, 7) is 0.287. The second-order valence-corrected chi connectivity index (χ2v) is 3.47. The predicted molar refractivity (Wildman–Crippen MR) is 35.2 cm³/mol. The topological polar surface area (TPSA) is 60.2 Å². The summed E-state index contributed by atoms with van der Waals surface area (Å²) in [6.07, 6.45) is 1.51. The van der Waals surface area contributed by atoms with Gasteiger partial charge in [0.2, 0.25) is 0 Å². The van der Waals surface area contributed by atoms with Crippen LogP contribution in [0.2, 0.25) is 0 Å². The average molecular weight is 145 g/mol. The van der Waals surface area contributed by atoms with Crippen molar-refractivity contribution < 1.29 is 8.42 Å². The smallest absolute Gasteiger partial charge is 0.193 e. The Morgan fingerprint density at radius 3 is 2.44 bits per heavy atom. The molecular formula is C5H7NO2S. The molecule has 4 heteroatoms. The van der Waals surface area contributed by atoms with Crippen LogP contribution < -0.4 is 5.73 Å². The third-order valence-electron chi connectivity index (χ3n) is 1.02. The maximum atomic E-state index is 10.6. The summed E-state index contributed by atoms with van der Waals surface area (Å²) in [5.41, 5.74) is 5.83. The van der Waals surface area contributed by atoms with Crippen molar-refractivity contribution in [2.24, 2.45) is 5.73 Å². The van der Waals surface area contributed by atoms with E-state index in [9.17, 15) is 8.42 Å². The number of hydrogen-bond acceptors (Lipinski definition) is 3. The van der Waals surface area contributed by atoms with E-state index in [4.69, 9.17) is 5.73 Å². The number of hydrogen-bond donors (Lipinski definition) is 1. The van der Waals surface area contributed by atoms with Crippen LogP contribution in [0, 0.1) is 0 Å². The van der Waals surface area contributed by atoms with Gasteiger partial charge in [-0.3, -0.25) is 0 Å². The van der Waals surface area contributed by atoms with Crippen molar-refractivity contribution in [3.8, 4) is 0 Å². The van der Waals surface area contributed by atoms with E-state index in [2.05, 4.69) is 0 Å². The summed E-state index contributed by atoms with van der Waals surface area (Å²) >= 11 is 0. The Morgan fingerprint density at radius 1 is 1.56 bits per heavy atom. The molecule has 0 atom stereocenters. The molecule has 0 saturated carbocycles. The normalized spacial score (nSPS) is 22.1. The summed E-state index contributed by atoms with van der Waals surface area (Å²) in [4.78, 5) is 0. The van der Waals surface area contributed by atoms with Crippen molar-refractivity contribution in [2.45, 2.75) is 0 Å². The fraction of sp³-hybridized carbons (Fsp3) is 0.200. The molecule has 2 N–H and O–H groups in total. The molecule has 3 nitrogen and oxygen atoms in total. The van der Waals surface area contributed by atoms with Gasteiger partial charge in [0, 0.05) is 17.4 Å². The molecule has 1 heterocycles. The first-order chi connectivity index (χ1) is 4.14. The fourth-order valence-corrected chi connectivity index (χ4v) is 1.63. The summed E-state index contributed by atoms with van der Waals surface area (Å²) in [5.74, 6) is 0. The zero-order valence-electron chi connectivity index (χ0n) is 4.74. The second-order valence-electron chi connectivity index (χ2n) is 1.79. The van der Waals surface area contributed by atoms with Crippen LogP contribution in [0.4, 0.5) is 0 Å². The summed E-state index contributed by atoms with van der Waals surface area (Å²) in [6, 6.07) is 0. The van der Waals surface area contributed by atoms with Gasteiger partial charge in [-0.25, -0.2) is 8.42 Å². The highest BCUT2D eigenvalue weighted by molar-refractivity contribution is 7.97. The fourth-order valence-electron chi connectivity index (χ4n) is 0.588. The summed E-state index contributed by atoms with van der Waals surface area (Å²) < 4.78 is 21.2. The van der Waals surface area contributed by atoms with E-state index in [0.29, 0.717) is 5.57 Å². The lowest BCUT2D eigenvalue weighted by Gasteiger charge is -1.84. The first-order valence-electron chi connectivity index (χ1n) is 2.48. The van der Waals surface area contributed by atoms with Crippen LogP contribution in [0.1, 0.15) is 0 Å². The highest BCUT2D eigenvalue weighted by Gasteiger charge is 2.08. The van der Waals surface area contributed by atoms with E-state index in [0.717, 1.165) is 5.41 Å². The summed E-state index contributed by atoms with van der Waals surface area (Å²) in [7, 11) is -3.03. The molecule has 0 spiro atoms. The molecule has 0 radical (unpaired) electrons. The number of rotatable bonds is 1. The Kier molecular flexibility index (Phi) is 1.42. The molecule has 0 bridgehead atoms. The van der Waals surface area contributed by atoms with E-state index in [1.807, 2.05) is 0 Å². The number of sulfone groups is 1. The van der Waals surface area contributed by atoms with Crippen LogP contribution in [0.3, 0.4) is 0 Å². The lowest BCUT2D eigenvalue weighted by molar-refractivity contribution is 0.613. The Labute approximate surface area is 53.8 Å². The second kappa shape index (κ2) is 1.97. The van der Waals surface area contributed by atoms with Gasteiger partial charge in [0.05, 0.1) is 0 Å². The molecule has 0 aliphatic carbocycles. The predicted octanol–water partition coefficient (Wildman–Crippen LogP) is -0.229. The largest absolute Gasteiger partial charge is 0.326 e. The van der Waals surface area contributed by atoms with Crippen molar-refractivity contribution in [1.82, 2.24) is 0 Å². The van der Waals surface area contributed by atoms with Gasteiger partial charge in [-0.2, -0.15) is 0 Å². The number of nitrogens with two attached hydrogens (primary N) is 1. The van der Waals surface area contributed by atoms with E-state index < -0.39 is 9.84 Å². The Morgan fingerprint density at radius 2 is 2.22 bits per heavy atom. The first kappa shape index (κ1) is 6.51. The highest BCUT2D eigenvalue weighted by Crippen LogP contribution is 2.10. The van der Waals surface area contributed by atoms with Gasteiger partial charge in [0.1, 0.15) is 0 Å². The Hall–Kier alpha value is -0.610. The molecule has 1 rings (SSSR count). The SMILES string of the molecule is NCC1=CS(=O)(=O)C=C1. The van der Waals surface area contributed by atoms with Crippen molar-refractivity contribution in [1.29, 1.82) is 0 Å². The minimum Gasteiger partial charge on any atom is -0.326 e. The zero-order chi connectivity index (χ0) is 6.91. The van der Waals surface area contributed by atoms with Crippen LogP contribution >= 0.6 is 0 Å². The molecule has 1 aliphatic rings. The highest BCUT2D eigenvalue weighted by atomic mass is 32.2. The van der Waals surface area contributed by atoms with E-state index in [-0.39, 0.29) is 6.54 Å². The summed E-state index contributed by atoms with van der Waals surface area (Å²) in [5, 5.41) is 2.32. The Bertz CT molecular complexity index is 261. The van der Waals surface area contributed by atoms with Crippen LogP contribution in [-0.2, 0) is 9.84 Å². The van der Waals surface area contributed by atoms with Gasteiger partial charge >= 0.3 is 0 Å². The molecule has 0 aromatic carbocycles. The van der Waals surface area contributed by atoms with Crippen LogP contribution in [0.5, 0.6) is 0 Å². The van der Waals surface area contributed by atoms with Gasteiger partial charge < -0.3 is 5.73 Å². The average Bonchev–Trinajstić information content (AvgIpc) is 2.10. The Balaban J connectivity index is 3.01. The minimum absolute atomic E-state index is 0.287. The first-order valence-corrected chi connectivity index (χ1v) is 4.09. The van der Waals surface area contributed by atoms with Crippen molar-refractivity contribution in [3.05, 3.63) is 22.5 Å². The van der Waals surface area contributed by atoms with E-state index in [1.165, 1.54) is 11.5 Å². The van der Waals surface area contributed by atoms with Crippen molar-refractivity contribution >= 4 is 9.84 Å². The van der Waals surface area contributed by atoms with Gasteiger partial charge in [-0.05, 0) is 11.6 Å². The standard InChI is InChI=1S/C5H7NO2S/c6-3-5-1-2-9(7,8)4-5/h1-2,4H,3,6H2. The molecule has 0 amide bonds. The lowest BCUT2D eigenvalue weighted by atomic mass is 10.3. The van der Waals surface area contributed by atoms with Gasteiger partial charge in [-0.15, -0.1) is 0 Å². The quantitative estimate of drug-likeness (QED) is 0.554. The molecular weight excluding hydrogens is 138 g/mol. The molecule has 0 aromatic heterocycles. The minimum atomic E-state index is -3.03. The van der Waals surface area contributed by atoms with Crippen LogP contribution in [0.15, 0.2) is 22.5 Å². The van der Waals surface area contributed by atoms with Crippen LogP contribution in [-0.4, -0.2) is 15.0 Å². The third kappa shape index (κ3) is 1.40. The van der Waals surface area contributed by atoms with E-state index >= 15 is 0 Å². The van der Waals surface area contributed by atoms with Crippen molar-refractivity contribution in [3.63, 3.8) is 0 Å².